The van der Waals surface area contributed by atoms with E-state index in [1.165, 1.54) is 18.6 Å². The van der Waals surface area contributed by atoms with E-state index in [9.17, 15) is 13.2 Å². The number of primary sulfonamides is 1. The van der Waals surface area contributed by atoms with Crippen LogP contribution in [0.25, 0.3) is 0 Å². The molecule has 0 saturated carbocycles. The minimum absolute atomic E-state index is 0.0409. The van der Waals surface area contributed by atoms with Crippen LogP contribution >= 0.6 is 11.8 Å². The normalized spacial score (nSPS) is 15.5. The van der Waals surface area contributed by atoms with Crippen molar-refractivity contribution in [2.24, 2.45) is 10.1 Å². The number of carbonyl (C=O) groups is 1. The van der Waals surface area contributed by atoms with Crippen LogP contribution in [0.1, 0.15) is 40.7 Å². The molecule has 3 aromatic carbocycles. The van der Waals surface area contributed by atoms with E-state index in [2.05, 4.69) is 22.3 Å². The Morgan fingerprint density at radius 3 is 2.46 bits per heavy atom. The number of fused-ring (bicyclic) bond motifs is 2. The number of sulfonamides is 1. The molecule has 0 aromatic heterocycles. The molecule has 0 atom stereocenters. The Labute approximate surface area is 209 Å². The van der Waals surface area contributed by atoms with Gasteiger partial charge in [0.05, 0.1) is 10.6 Å². The number of hydrogen-bond donors (Lipinski definition) is 2. The first-order valence-corrected chi connectivity index (χ1v) is 13.9. The first-order valence-electron chi connectivity index (χ1n) is 11.5. The molecule has 1 amide bonds. The van der Waals surface area contributed by atoms with Crippen molar-refractivity contribution >= 4 is 39.2 Å². The molecule has 2 aliphatic rings. The number of carbonyl (C=O) groups excluding carboxylic acids is 1. The molecule has 5 rings (SSSR count). The summed E-state index contributed by atoms with van der Waals surface area (Å²) in [7, 11) is -3.74. The van der Waals surface area contributed by atoms with Gasteiger partial charge in [0.1, 0.15) is 5.84 Å². The van der Waals surface area contributed by atoms with Gasteiger partial charge in [0, 0.05) is 40.6 Å². The molecule has 2 aliphatic heterocycles. The lowest BCUT2D eigenvalue weighted by atomic mass is 10.1. The minimum atomic E-state index is -3.74. The maximum absolute atomic E-state index is 12.9. The number of amides is 1. The average molecular weight is 507 g/mol. The van der Waals surface area contributed by atoms with Crippen LogP contribution in [-0.4, -0.2) is 38.2 Å². The van der Waals surface area contributed by atoms with Crippen molar-refractivity contribution in [3.05, 3.63) is 83.4 Å². The van der Waals surface area contributed by atoms with Gasteiger partial charge in [0.2, 0.25) is 10.0 Å². The number of nitrogens with two attached hydrogens (primary N) is 1. The monoisotopic (exact) mass is 506 g/mol. The number of amidine groups is 1. The largest absolute Gasteiger partial charge is 0.356 e. The van der Waals surface area contributed by atoms with Crippen molar-refractivity contribution in [3.63, 3.8) is 0 Å². The van der Waals surface area contributed by atoms with E-state index in [-0.39, 0.29) is 17.3 Å². The summed E-state index contributed by atoms with van der Waals surface area (Å²) in [6, 6.07) is 20.1. The van der Waals surface area contributed by atoms with Crippen molar-refractivity contribution in [1.29, 1.82) is 0 Å². The zero-order chi connectivity index (χ0) is 24.4. The Bertz CT molecular complexity index is 1400. The first kappa shape index (κ1) is 23.6. The van der Waals surface area contributed by atoms with Crippen molar-refractivity contribution in [3.8, 4) is 0 Å². The fraction of sp³-hybridized carbons (Fsp3) is 0.231. The van der Waals surface area contributed by atoms with Crippen LogP contribution in [0.3, 0.4) is 0 Å². The zero-order valence-electron chi connectivity index (χ0n) is 19.1. The molecule has 0 radical (unpaired) electrons. The first-order chi connectivity index (χ1) is 16.9. The summed E-state index contributed by atoms with van der Waals surface area (Å²) in [4.78, 5) is 22.6. The molecule has 0 aliphatic carbocycles. The Balaban J connectivity index is 1.39. The maximum Gasteiger partial charge on any atom is 0.251 e. The third-order valence-electron chi connectivity index (χ3n) is 6.16. The fourth-order valence-corrected chi connectivity index (χ4v) is 5.81. The second kappa shape index (κ2) is 9.85. The highest BCUT2D eigenvalue weighted by molar-refractivity contribution is 7.99. The van der Waals surface area contributed by atoms with E-state index < -0.39 is 10.0 Å². The lowest BCUT2D eigenvalue weighted by Gasteiger charge is -2.30. The number of aliphatic imine (C=N–C) groups is 1. The second-order valence-corrected chi connectivity index (χ2v) is 11.3. The summed E-state index contributed by atoms with van der Waals surface area (Å²) in [5, 5.41) is 8.05. The van der Waals surface area contributed by atoms with Gasteiger partial charge in [-0.1, -0.05) is 42.1 Å². The molecule has 35 heavy (non-hydrogen) atoms. The minimum Gasteiger partial charge on any atom is -0.356 e. The Morgan fingerprint density at radius 1 is 0.971 bits per heavy atom. The molecule has 3 N–H and O–H groups in total. The predicted octanol–water partition coefficient (Wildman–Crippen LogP) is 4.29. The number of rotatable bonds is 4. The van der Waals surface area contributed by atoms with Crippen LogP contribution in [0, 0.1) is 0 Å². The summed E-state index contributed by atoms with van der Waals surface area (Å²) in [6.07, 6.45) is 3.55. The van der Waals surface area contributed by atoms with E-state index >= 15 is 0 Å². The predicted molar refractivity (Wildman–Crippen MR) is 138 cm³/mol. The molecular weight excluding hydrogens is 480 g/mol. The van der Waals surface area contributed by atoms with Gasteiger partial charge in [0.15, 0.2) is 0 Å². The number of piperidine rings is 1. The van der Waals surface area contributed by atoms with Gasteiger partial charge in [-0.2, -0.15) is 0 Å². The maximum atomic E-state index is 12.9. The molecule has 1 saturated heterocycles. The molecule has 2 heterocycles. The van der Waals surface area contributed by atoms with E-state index in [1.807, 2.05) is 30.3 Å². The molecule has 0 spiro atoms. The summed E-state index contributed by atoms with van der Waals surface area (Å²) in [6.45, 7) is 2.23. The molecule has 1 fully saturated rings. The van der Waals surface area contributed by atoms with Crippen LogP contribution in [0.4, 0.5) is 5.69 Å². The average Bonchev–Trinajstić information content (AvgIpc) is 3.04. The number of likely N-dealkylation sites (tertiary alicyclic amines) is 1. The number of benzene rings is 3. The highest BCUT2D eigenvalue weighted by Gasteiger charge is 2.23. The van der Waals surface area contributed by atoms with Gasteiger partial charge in [0.25, 0.3) is 5.91 Å². The lowest BCUT2D eigenvalue weighted by molar-refractivity contribution is 0.0951. The van der Waals surface area contributed by atoms with E-state index in [1.54, 1.807) is 23.9 Å². The van der Waals surface area contributed by atoms with Crippen LogP contribution in [0.5, 0.6) is 0 Å². The van der Waals surface area contributed by atoms with Gasteiger partial charge < -0.3 is 10.2 Å². The molecule has 0 bridgehead atoms. The highest BCUT2D eigenvalue weighted by Crippen LogP contribution is 2.41. The summed E-state index contributed by atoms with van der Waals surface area (Å²) < 4.78 is 22.9. The SMILES string of the molecule is NS(=O)(=O)c1ccc(CNC(=O)c2ccc3c(c2)N=C(N2CCCCC2)c2ccccc2S3)cc1. The molecule has 3 aromatic rings. The molecule has 7 nitrogen and oxygen atoms in total. The summed E-state index contributed by atoms with van der Waals surface area (Å²) >= 11 is 1.67. The van der Waals surface area contributed by atoms with Gasteiger partial charge in [-0.15, -0.1) is 0 Å². The standard InChI is InChI=1S/C26H26N4O3S2/c27-35(32,33)20-11-8-18(9-12-20)17-28-26(31)19-10-13-24-22(16-19)29-25(30-14-4-1-5-15-30)21-6-2-3-7-23(21)34-24/h2-3,6-13,16H,1,4-5,14-15,17H2,(H,28,31)(H2,27,32,33). The Hall–Kier alpha value is -3.14. The third kappa shape index (κ3) is 5.27. The smallest absolute Gasteiger partial charge is 0.251 e. The zero-order valence-corrected chi connectivity index (χ0v) is 20.7. The second-order valence-electron chi connectivity index (χ2n) is 8.64. The van der Waals surface area contributed by atoms with Crippen LogP contribution in [0.15, 0.2) is 86.4 Å². The van der Waals surface area contributed by atoms with Crippen molar-refractivity contribution in [2.75, 3.05) is 13.1 Å². The molecule has 9 heteroatoms. The quantitative estimate of drug-likeness (QED) is 0.549. The van der Waals surface area contributed by atoms with Gasteiger partial charge >= 0.3 is 0 Å². The highest BCUT2D eigenvalue weighted by atomic mass is 32.2. The van der Waals surface area contributed by atoms with Crippen LogP contribution < -0.4 is 10.5 Å². The molecular formula is C26H26N4O3S2. The Morgan fingerprint density at radius 2 is 1.71 bits per heavy atom. The van der Waals surface area contributed by atoms with Gasteiger partial charge in [-0.05, 0) is 61.2 Å². The summed E-state index contributed by atoms with van der Waals surface area (Å²) in [5.74, 6) is 0.754. The Kier molecular flexibility index (Phi) is 6.64. The summed E-state index contributed by atoms with van der Waals surface area (Å²) in [5.41, 5.74) is 3.22. The van der Waals surface area contributed by atoms with E-state index in [0.29, 0.717) is 5.56 Å². The number of hydrogen-bond acceptors (Lipinski definition) is 6. The van der Waals surface area contributed by atoms with Crippen molar-refractivity contribution in [2.45, 2.75) is 40.5 Å². The van der Waals surface area contributed by atoms with Crippen LogP contribution in [0.2, 0.25) is 0 Å². The third-order valence-corrected chi connectivity index (χ3v) is 8.23. The van der Waals surface area contributed by atoms with E-state index in [4.69, 9.17) is 10.1 Å². The van der Waals surface area contributed by atoms with Gasteiger partial charge in [-0.25, -0.2) is 18.5 Å². The van der Waals surface area contributed by atoms with Crippen molar-refractivity contribution < 1.29 is 13.2 Å². The van der Waals surface area contributed by atoms with E-state index in [0.717, 1.165) is 58.4 Å². The number of nitrogens with one attached hydrogen (secondary N) is 1. The molecule has 0 unspecified atom stereocenters. The van der Waals surface area contributed by atoms with Gasteiger partial charge in [-0.3, -0.25) is 4.79 Å². The topological polar surface area (TPSA) is 105 Å². The van der Waals surface area contributed by atoms with Crippen LogP contribution in [-0.2, 0) is 16.6 Å². The molecule has 180 valence electrons. The number of nitrogens with zero attached hydrogens (tertiary/aromatic N) is 2. The lowest BCUT2D eigenvalue weighted by Crippen LogP contribution is -2.36. The fourth-order valence-electron chi connectivity index (χ4n) is 4.29. The van der Waals surface area contributed by atoms with Crippen molar-refractivity contribution in [1.82, 2.24) is 10.2 Å².